The Labute approximate surface area is 182 Å². The molecule has 0 saturated heterocycles. The first-order chi connectivity index (χ1) is 13.6. The predicted octanol–water partition coefficient (Wildman–Crippen LogP) is 3.73. The molecule has 3 rings (SSSR count). The van der Waals surface area contributed by atoms with Crippen LogP contribution < -0.4 is 9.62 Å². The van der Waals surface area contributed by atoms with Crippen LogP contribution in [0.1, 0.15) is 27.2 Å². The Hall–Kier alpha value is -1.81. The first-order valence-corrected chi connectivity index (χ1v) is 12.0. The largest absolute Gasteiger partial charge is 0.465 e. The number of sulfonamides is 1. The van der Waals surface area contributed by atoms with E-state index in [4.69, 9.17) is 27.9 Å². The van der Waals surface area contributed by atoms with Gasteiger partial charge in [-0.15, -0.1) is 11.3 Å². The van der Waals surface area contributed by atoms with Crippen LogP contribution in [0.3, 0.4) is 0 Å². The number of hydrogen-bond acceptors (Lipinski definition) is 6. The van der Waals surface area contributed by atoms with E-state index in [0.29, 0.717) is 10.6 Å². The van der Waals surface area contributed by atoms with E-state index >= 15 is 0 Å². The van der Waals surface area contributed by atoms with Crippen LogP contribution in [-0.4, -0.2) is 40.2 Å². The molecule has 1 heterocycles. The van der Waals surface area contributed by atoms with Gasteiger partial charge in [0.1, 0.15) is 11.5 Å². The molecule has 1 aromatic carbocycles. The number of aryl methyl sites for hydroxylation is 1. The number of carbonyl (C=O) groups is 2. The lowest BCUT2D eigenvalue weighted by Crippen LogP contribution is -2.37. The molecule has 0 fully saturated rings. The fraction of sp³-hybridized carbons (Fsp3) is 0.333. The molecule has 0 bridgehead atoms. The monoisotopic (exact) mass is 476 g/mol. The van der Waals surface area contributed by atoms with Crippen molar-refractivity contribution >= 4 is 67.1 Å². The molecular formula is C18H18Cl2N2O5S2. The van der Waals surface area contributed by atoms with E-state index in [1.165, 1.54) is 36.6 Å². The zero-order valence-corrected chi connectivity index (χ0v) is 18.8. The number of methoxy groups -OCH3 is 1. The third kappa shape index (κ3) is 4.69. The van der Waals surface area contributed by atoms with E-state index in [-0.39, 0.29) is 15.7 Å². The number of benzene rings is 1. The maximum absolute atomic E-state index is 12.7. The summed E-state index contributed by atoms with van der Waals surface area (Å²) in [5.41, 5.74) is 1.44. The molecule has 0 atom stereocenters. The van der Waals surface area contributed by atoms with Crippen LogP contribution in [0.5, 0.6) is 0 Å². The molecule has 0 aliphatic heterocycles. The summed E-state index contributed by atoms with van der Waals surface area (Å²) in [6, 6.07) is 4.29. The number of thiophene rings is 1. The number of halogens is 2. The molecule has 2 aromatic rings. The van der Waals surface area contributed by atoms with Gasteiger partial charge in [-0.1, -0.05) is 23.2 Å². The molecule has 0 spiro atoms. The van der Waals surface area contributed by atoms with Crippen molar-refractivity contribution in [1.29, 1.82) is 0 Å². The first kappa shape index (κ1) is 21.9. The molecule has 1 N–H and O–H groups in total. The van der Waals surface area contributed by atoms with Gasteiger partial charge in [0, 0.05) is 4.88 Å². The number of ether oxygens (including phenoxy) is 1. The minimum Gasteiger partial charge on any atom is -0.465 e. The van der Waals surface area contributed by atoms with Crippen LogP contribution in [0.2, 0.25) is 10.0 Å². The second kappa shape index (κ2) is 8.51. The average molecular weight is 477 g/mol. The van der Waals surface area contributed by atoms with Gasteiger partial charge in [-0.05, 0) is 43.0 Å². The van der Waals surface area contributed by atoms with Crippen molar-refractivity contribution in [2.24, 2.45) is 0 Å². The molecule has 11 heteroatoms. The highest BCUT2D eigenvalue weighted by Crippen LogP contribution is 2.39. The number of nitrogens with zero attached hydrogens (tertiary/aromatic N) is 1. The Morgan fingerprint density at radius 1 is 1.24 bits per heavy atom. The van der Waals surface area contributed by atoms with E-state index < -0.39 is 28.4 Å². The van der Waals surface area contributed by atoms with Gasteiger partial charge >= 0.3 is 5.97 Å². The summed E-state index contributed by atoms with van der Waals surface area (Å²) in [4.78, 5) is 25.9. The van der Waals surface area contributed by atoms with Crippen molar-refractivity contribution in [3.05, 3.63) is 44.2 Å². The third-order valence-corrected chi connectivity index (χ3v) is 7.53. The Kier molecular flexibility index (Phi) is 6.42. The van der Waals surface area contributed by atoms with Crippen molar-refractivity contribution in [1.82, 2.24) is 0 Å². The minimum atomic E-state index is -3.78. The van der Waals surface area contributed by atoms with Gasteiger partial charge in [-0.2, -0.15) is 0 Å². The Balaban J connectivity index is 1.87. The smallest absolute Gasteiger partial charge is 0.341 e. The van der Waals surface area contributed by atoms with E-state index in [1.807, 2.05) is 0 Å². The fourth-order valence-corrected chi connectivity index (χ4v) is 5.58. The maximum Gasteiger partial charge on any atom is 0.341 e. The summed E-state index contributed by atoms with van der Waals surface area (Å²) in [6.07, 6.45) is 3.50. The molecule has 1 aliphatic rings. The van der Waals surface area contributed by atoms with Crippen molar-refractivity contribution in [2.45, 2.75) is 19.3 Å². The van der Waals surface area contributed by atoms with E-state index in [0.717, 1.165) is 40.3 Å². The van der Waals surface area contributed by atoms with Crippen LogP contribution in [0.15, 0.2) is 18.2 Å². The van der Waals surface area contributed by atoms with Crippen molar-refractivity contribution < 1.29 is 22.7 Å². The Morgan fingerprint density at radius 3 is 2.59 bits per heavy atom. The number of anilines is 2. The van der Waals surface area contributed by atoms with Gasteiger partial charge in [0.25, 0.3) is 0 Å². The van der Waals surface area contributed by atoms with Crippen LogP contribution in [-0.2, 0) is 32.4 Å². The Bertz CT molecular complexity index is 1080. The number of esters is 1. The summed E-state index contributed by atoms with van der Waals surface area (Å²) >= 11 is 13.2. The first-order valence-electron chi connectivity index (χ1n) is 8.57. The zero-order chi connectivity index (χ0) is 21.3. The van der Waals surface area contributed by atoms with Gasteiger partial charge in [0.2, 0.25) is 15.9 Å². The van der Waals surface area contributed by atoms with Gasteiger partial charge in [0.05, 0.1) is 34.7 Å². The summed E-state index contributed by atoms with van der Waals surface area (Å²) in [5, 5.41) is 3.47. The highest BCUT2D eigenvalue weighted by molar-refractivity contribution is 7.92. The fourth-order valence-electron chi connectivity index (χ4n) is 3.15. The lowest BCUT2D eigenvalue weighted by molar-refractivity contribution is -0.114. The third-order valence-electron chi connectivity index (χ3n) is 4.44. The molecule has 29 heavy (non-hydrogen) atoms. The van der Waals surface area contributed by atoms with Crippen LogP contribution in [0, 0.1) is 0 Å². The average Bonchev–Trinajstić information content (AvgIpc) is 3.21. The summed E-state index contributed by atoms with van der Waals surface area (Å²) in [6.45, 7) is -0.486. The Morgan fingerprint density at radius 2 is 1.97 bits per heavy atom. The zero-order valence-electron chi connectivity index (χ0n) is 15.6. The molecule has 156 valence electrons. The molecule has 0 radical (unpaired) electrons. The normalized spacial score (nSPS) is 13.1. The number of amides is 1. The SMILES string of the molecule is COC(=O)c1c(NC(=O)CN(c2ccc(Cl)c(Cl)c2)S(C)(=O)=O)sc2c1CCC2. The van der Waals surface area contributed by atoms with Gasteiger partial charge in [-0.3, -0.25) is 9.10 Å². The van der Waals surface area contributed by atoms with Crippen LogP contribution >= 0.6 is 34.5 Å². The van der Waals surface area contributed by atoms with Crippen LogP contribution in [0.25, 0.3) is 0 Å². The lowest BCUT2D eigenvalue weighted by atomic mass is 10.1. The highest BCUT2D eigenvalue weighted by Gasteiger charge is 2.29. The number of fused-ring (bicyclic) bond motifs is 1. The molecule has 1 amide bonds. The van der Waals surface area contributed by atoms with Crippen LogP contribution in [0.4, 0.5) is 10.7 Å². The number of nitrogens with one attached hydrogen (secondary N) is 1. The number of carbonyl (C=O) groups excluding carboxylic acids is 2. The second-order valence-corrected chi connectivity index (χ2v) is 10.3. The van der Waals surface area contributed by atoms with E-state index in [9.17, 15) is 18.0 Å². The molecule has 0 unspecified atom stereocenters. The second-order valence-electron chi connectivity index (χ2n) is 6.47. The summed E-state index contributed by atoms with van der Waals surface area (Å²) in [7, 11) is -2.50. The quantitative estimate of drug-likeness (QED) is 0.640. The number of hydrogen-bond donors (Lipinski definition) is 1. The number of rotatable bonds is 6. The van der Waals surface area contributed by atoms with Gasteiger partial charge in [0.15, 0.2) is 0 Å². The van der Waals surface area contributed by atoms with E-state index in [1.54, 1.807) is 0 Å². The topological polar surface area (TPSA) is 92.8 Å². The summed E-state index contributed by atoms with van der Waals surface area (Å²) in [5.74, 6) is -1.12. The lowest BCUT2D eigenvalue weighted by Gasteiger charge is -2.22. The highest BCUT2D eigenvalue weighted by atomic mass is 35.5. The van der Waals surface area contributed by atoms with Gasteiger partial charge < -0.3 is 10.1 Å². The van der Waals surface area contributed by atoms with Crippen molar-refractivity contribution in [3.63, 3.8) is 0 Å². The molecule has 7 nitrogen and oxygen atoms in total. The van der Waals surface area contributed by atoms with Gasteiger partial charge in [-0.25, -0.2) is 13.2 Å². The minimum absolute atomic E-state index is 0.167. The summed E-state index contributed by atoms with van der Waals surface area (Å²) < 4.78 is 30.3. The molecular weight excluding hydrogens is 459 g/mol. The van der Waals surface area contributed by atoms with E-state index in [2.05, 4.69) is 5.32 Å². The molecule has 1 aromatic heterocycles. The molecule has 0 saturated carbocycles. The molecule has 1 aliphatic carbocycles. The van der Waals surface area contributed by atoms with Crippen molar-refractivity contribution in [3.8, 4) is 0 Å². The maximum atomic E-state index is 12.7. The van der Waals surface area contributed by atoms with Crippen molar-refractivity contribution in [2.75, 3.05) is 29.5 Å². The standard InChI is InChI=1S/C18H18Cl2N2O5S2/c1-27-18(24)16-11-4-3-5-14(11)28-17(16)21-15(23)9-22(29(2,25)26)10-6-7-12(19)13(20)8-10/h6-8H,3-5,9H2,1-2H3,(H,21,23). The predicted molar refractivity (Wildman–Crippen MR) is 115 cm³/mol.